The Kier molecular flexibility index (Phi) is 3.78. The van der Waals surface area contributed by atoms with Gasteiger partial charge >= 0.3 is 0 Å². The first kappa shape index (κ1) is 13.2. The molecule has 3 heterocycles. The zero-order valence-corrected chi connectivity index (χ0v) is 12.1. The summed E-state index contributed by atoms with van der Waals surface area (Å²) in [4.78, 5) is 18.2. The highest BCUT2D eigenvalue weighted by Crippen LogP contribution is 2.40. The number of amides is 1. The third-order valence-electron chi connectivity index (χ3n) is 3.30. The van der Waals surface area contributed by atoms with Gasteiger partial charge in [-0.15, -0.1) is 11.8 Å². The summed E-state index contributed by atoms with van der Waals surface area (Å²) in [6.45, 7) is 2.58. The van der Waals surface area contributed by atoms with Gasteiger partial charge in [-0.3, -0.25) is 9.78 Å². The molecule has 0 bridgehead atoms. The molecule has 1 aliphatic rings. The number of hydrogen-bond donors (Lipinski definition) is 0. The number of pyridine rings is 1. The van der Waals surface area contributed by atoms with E-state index >= 15 is 0 Å². The molecule has 1 aliphatic heterocycles. The molecule has 0 aromatic carbocycles. The molecular formula is C15H16N2O2S. The van der Waals surface area contributed by atoms with Gasteiger partial charge < -0.3 is 9.32 Å². The molecule has 2 aromatic heterocycles. The summed E-state index contributed by atoms with van der Waals surface area (Å²) in [7, 11) is 0. The molecule has 3 rings (SSSR count). The van der Waals surface area contributed by atoms with E-state index in [1.54, 1.807) is 18.0 Å². The first-order valence-electron chi connectivity index (χ1n) is 6.67. The monoisotopic (exact) mass is 288 g/mol. The summed E-state index contributed by atoms with van der Waals surface area (Å²) in [5, 5.41) is -0.0372. The van der Waals surface area contributed by atoms with Crippen molar-refractivity contribution in [3.8, 4) is 0 Å². The summed E-state index contributed by atoms with van der Waals surface area (Å²) >= 11 is 1.61. The van der Waals surface area contributed by atoms with E-state index in [-0.39, 0.29) is 11.3 Å². The predicted octanol–water partition coefficient (Wildman–Crippen LogP) is 3.01. The van der Waals surface area contributed by atoms with Crippen molar-refractivity contribution >= 4 is 17.7 Å². The fraction of sp³-hybridized carbons (Fsp3) is 0.333. The normalized spacial score (nSPS) is 18.8. The number of nitrogens with zero attached hydrogens (tertiary/aromatic N) is 2. The Morgan fingerprint density at radius 1 is 1.40 bits per heavy atom. The molecule has 1 atom stereocenters. The van der Waals surface area contributed by atoms with Crippen LogP contribution in [0.3, 0.4) is 0 Å². The minimum absolute atomic E-state index is 0.0372. The highest BCUT2D eigenvalue weighted by molar-refractivity contribution is 8.00. The zero-order chi connectivity index (χ0) is 13.9. The zero-order valence-electron chi connectivity index (χ0n) is 11.3. The number of thioether (sulfide) groups is 1. The van der Waals surface area contributed by atoms with Crippen LogP contribution >= 0.6 is 11.8 Å². The van der Waals surface area contributed by atoms with E-state index in [4.69, 9.17) is 4.42 Å². The minimum atomic E-state index is -0.0372. The van der Waals surface area contributed by atoms with E-state index in [0.29, 0.717) is 12.3 Å². The molecule has 1 amide bonds. The van der Waals surface area contributed by atoms with Gasteiger partial charge in [0.15, 0.2) is 0 Å². The number of hydrogen-bond acceptors (Lipinski definition) is 4. The first-order valence-corrected chi connectivity index (χ1v) is 7.72. The van der Waals surface area contributed by atoms with Gasteiger partial charge in [-0.25, -0.2) is 0 Å². The number of rotatable bonds is 4. The first-order chi connectivity index (χ1) is 9.78. The van der Waals surface area contributed by atoms with Crippen LogP contribution in [0.2, 0.25) is 0 Å². The van der Waals surface area contributed by atoms with Crippen molar-refractivity contribution in [3.05, 3.63) is 53.7 Å². The Bertz CT molecular complexity index is 597. The lowest BCUT2D eigenvalue weighted by molar-refractivity contribution is -0.128. The van der Waals surface area contributed by atoms with E-state index in [2.05, 4.69) is 11.9 Å². The van der Waals surface area contributed by atoms with Crippen LogP contribution in [0.5, 0.6) is 0 Å². The predicted molar refractivity (Wildman–Crippen MR) is 78.1 cm³/mol. The second kappa shape index (κ2) is 5.71. The van der Waals surface area contributed by atoms with Gasteiger partial charge in [-0.05, 0) is 24.3 Å². The summed E-state index contributed by atoms with van der Waals surface area (Å²) in [5.74, 6) is 2.45. The van der Waals surface area contributed by atoms with Crippen molar-refractivity contribution in [2.75, 3.05) is 5.75 Å². The van der Waals surface area contributed by atoms with E-state index in [9.17, 15) is 4.79 Å². The van der Waals surface area contributed by atoms with Crippen molar-refractivity contribution < 1.29 is 9.21 Å². The lowest BCUT2D eigenvalue weighted by Gasteiger charge is -2.21. The molecular weight excluding hydrogens is 272 g/mol. The summed E-state index contributed by atoms with van der Waals surface area (Å²) in [6.07, 6.45) is 2.62. The Morgan fingerprint density at radius 3 is 3.00 bits per heavy atom. The maximum absolute atomic E-state index is 12.1. The van der Waals surface area contributed by atoms with Gasteiger partial charge in [0.2, 0.25) is 5.91 Å². The van der Waals surface area contributed by atoms with Crippen LogP contribution in [0.4, 0.5) is 0 Å². The van der Waals surface area contributed by atoms with Crippen LogP contribution in [-0.4, -0.2) is 21.5 Å². The average molecular weight is 288 g/mol. The van der Waals surface area contributed by atoms with Gasteiger partial charge in [0.25, 0.3) is 0 Å². The molecule has 0 spiro atoms. The highest BCUT2D eigenvalue weighted by atomic mass is 32.2. The number of aromatic nitrogens is 1. The SMILES string of the molecule is CCc1ccc(C2SCC(=O)N2Cc2ccccn2)o1. The molecule has 104 valence electrons. The van der Waals surface area contributed by atoms with Crippen LogP contribution < -0.4 is 0 Å². The van der Waals surface area contributed by atoms with Crippen molar-refractivity contribution in [2.24, 2.45) is 0 Å². The maximum atomic E-state index is 12.1. The molecule has 0 aliphatic carbocycles. The summed E-state index contributed by atoms with van der Waals surface area (Å²) in [6, 6.07) is 9.71. The van der Waals surface area contributed by atoms with Crippen molar-refractivity contribution in [1.29, 1.82) is 0 Å². The van der Waals surface area contributed by atoms with Crippen molar-refractivity contribution in [3.63, 3.8) is 0 Å². The minimum Gasteiger partial charge on any atom is -0.463 e. The molecule has 0 saturated carbocycles. The smallest absolute Gasteiger partial charge is 0.234 e. The number of aryl methyl sites for hydroxylation is 1. The Labute approximate surface area is 122 Å². The molecule has 4 nitrogen and oxygen atoms in total. The molecule has 0 radical (unpaired) electrons. The van der Waals surface area contributed by atoms with E-state index in [0.717, 1.165) is 23.6 Å². The lowest BCUT2D eigenvalue weighted by atomic mass is 10.3. The summed E-state index contributed by atoms with van der Waals surface area (Å²) < 4.78 is 5.80. The van der Waals surface area contributed by atoms with Crippen LogP contribution in [-0.2, 0) is 17.8 Å². The molecule has 1 unspecified atom stereocenters. The molecule has 2 aromatic rings. The Morgan fingerprint density at radius 2 is 2.30 bits per heavy atom. The van der Waals surface area contributed by atoms with Gasteiger partial charge in [0, 0.05) is 12.6 Å². The quantitative estimate of drug-likeness (QED) is 0.867. The third-order valence-corrected chi connectivity index (χ3v) is 4.52. The van der Waals surface area contributed by atoms with E-state index in [1.807, 2.05) is 35.2 Å². The van der Waals surface area contributed by atoms with Gasteiger partial charge in [0.05, 0.1) is 18.0 Å². The van der Waals surface area contributed by atoms with Gasteiger partial charge in [-0.2, -0.15) is 0 Å². The fourth-order valence-electron chi connectivity index (χ4n) is 2.24. The number of carbonyl (C=O) groups is 1. The number of carbonyl (C=O) groups excluding carboxylic acids is 1. The van der Waals surface area contributed by atoms with Gasteiger partial charge in [-0.1, -0.05) is 13.0 Å². The fourth-order valence-corrected chi connectivity index (χ4v) is 3.37. The molecule has 1 fully saturated rings. The van der Waals surface area contributed by atoms with Crippen LogP contribution in [0.25, 0.3) is 0 Å². The third kappa shape index (κ3) is 2.58. The highest BCUT2D eigenvalue weighted by Gasteiger charge is 2.35. The molecule has 1 saturated heterocycles. The maximum Gasteiger partial charge on any atom is 0.234 e. The second-order valence-electron chi connectivity index (χ2n) is 4.66. The largest absolute Gasteiger partial charge is 0.463 e. The number of furan rings is 1. The van der Waals surface area contributed by atoms with E-state index in [1.165, 1.54) is 0 Å². The molecule has 20 heavy (non-hydrogen) atoms. The van der Waals surface area contributed by atoms with Gasteiger partial charge in [0.1, 0.15) is 16.9 Å². The molecule has 0 N–H and O–H groups in total. The van der Waals surface area contributed by atoms with Crippen LogP contribution in [0, 0.1) is 0 Å². The van der Waals surface area contributed by atoms with Crippen molar-refractivity contribution in [1.82, 2.24) is 9.88 Å². The standard InChI is InChI=1S/C15H16N2O2S/c1-2-12-6-7-13(19-12)15-17(14(18)10-20-15)9-11-5-3-4-8-16-11/h3-8,15H,2,9-10H2,1H3. The Hall–Kier alpha value is -1.75. The van der Waals surface area contributed by atoms with E-state index < -0.39 is 0 Å². The topological polar surface area (TPSA) is 46.3 Å². The second-order valence-corrected chi connectivity index (χ2v) is 5.73. The van der Waals surface area contributed by atoms with Crippen molar-refractivity contribution in [2.45, 2.75) is 25.3 Å². The average Bonchev–Trinajstić information content (AvgIpc) is 3.08. The lowest BCUT2D eigenvalue weighted by Crippen LogP contribution is -2.27. The van der Waals surface area contributed by atoms with Crippen LogP contribution in [0.1, 0.15) is 29.5 Å². The van der Waals surface area contributed by atoms with Crippen LogP contribution in [0.15, 0.2) is 40.9 Å². The molecule has 5 heteroatoms. The summed E-state index contributed by atoms with van der Waals surface area (Å²) in [5.41, 5.74) is 0.899. The Balaban J connectivity index is 1.81.